The van der Waals surface area contributed by atoms with Crippen LogP contribution in [0, 0.1) is 0 Å². The molecule has 3 rings (SSSR count). The topological polar surface area (TPSA) is 121 Å². The minimum atomic E-state index is -1.45. The Balaban J connectivity index is 1.60. The van der Waals surface area contributed by atoms with Gasteiger partial charge in [0.1, 0.15) is 23.2 Å². The van der Waals surface area contributed by atoms with Gasteiger partial charge in [0, 0.05) is 6.20 Å². The van der Waals surface area contributed by atoms with Crippen LogP contribution in [0.3, 0.4) is 0 Å². The van der Waals surface area contributed by atoms with Crippen LogP contribution in [0.4, 0.5) is 0 Å². The molecule has 4 unspecified atom stereocenters. The molecule has 1 aromatic heterocycles. The lowest BCUT2D eigenvalue weighted by atomic mass is 10.3. The van der Waals surface area contributed by atoms with Gasteiger partial charge < -0.3 is 18.7 Å². The molecule has 4 atom stereocenters. The fourth-order valence-electron chi connectivity index (χ4n) is 2.87. The zero-order chi connectivity index (χ0) is 24.5. The lowest BCUT2D eigenvalue weighted by Crippen LogP contribution is -2.34. The summed E-state index contributed by atoms with van der Waals surface area (Å²) in [6.45, 7) is 4.09. The number of H-pyrrole nitrogens is 1. The Bertz CT molecular complexity index is 1090. The van der Waals surface area contributed by atoms with Crippen LogP contribution >= 0.6 is 19.9 Å². The van der Waals surface area contributed by atoms with Crippen molar-refractivity contribution >= 4 is 25.9 Å². The highest BCUT2D eigenvalue weighted by Gasteiger charge is 2.26. The SMILES string of the molecule is CCCCOC(=O)C(C)NP(COC1C=CC(n2cc(Cl)c(=O)[nH]c2=O)O1)Oc1ccccc1. The van der Waals surface area contributed by atoms with Gasteiger partial charge in [-0.2, -0.15) is 0 Å². The number of para-hydroxylation sites is 1. The molecular formula is C22H27ClN3O7P. The number of carbonyl (C=O) groups excluding carboxylic acids is 1. The molecule has 2 heterocycles. The van der Waals surface area contributed by atoms with Gasteiger partial charge in [-0.3, -0.25) is 19.1 Å². The summed E-state index contributed by atoms with van der Waals surface area (Å²) in [4.78, 5) is 37.9. The maximum Gasteiger partial charge on any atom is 0.330 e. The molecule has 0 saturated heterocycles. The van der Waals surface area contributed by atoms with Gasteiger partial charge in [0.05, 0.1) is 6.61 Å². The fourth-order valence-corrected chi connectivity index (χ4v) is 4.40. The van der Waals surface area contributed by atoms with Gasteiger partial charge in [-0.25, -0.2) is 9.88 Å². The third-order valence-electron chi connectivity index (χ3n) is 4.65. The van der Waals surface area contributed by atoms with E-state index in [1.54, 1.807) is 31.2 Å². The third kappa shape index (κ3) is 7.51. The molecule has 0 radical (unpaired) electrons. The highest BCUT2D eigenvalue weighted by Crippen LogP contribution is 2.36. The summed E-state index contributed by atoms with van der Waals surface area (Å²) in [6.07, 6.45) is 4.69. The molecule has 0 bridgehead atoms. The lowest BCUT2D eigenvalue weighted by Gasteiger charge is -2.24. The maximum absolute atomic E-state index is 12.3. The highest BCUT2D eigenvalue weighted by atomic mass is 35.5. The maximum atomic E-state index is 12.3. The summed E-state index contributed by atoms with van der Waals surface area (Å²) in [5.74, 6) is 0.246. The molecule has 0 saturated carbocycles. The molecule has 0 amide bonds. The first-order valence-electron chi connectivity index (χ1n) is 10.8. The average molecular weight is 512 g/mol. The molecule has 12 heteroatoms. The molecule has 10 nitrogen and oxygen atoms in total. The van der Waals surface area contributed by atoms with Gasteiger partial charge in [0.15, 0.2) is 20.8 Å². The number of esters is 1. The smallest absolute Gasteiger partial charge is 0.330 e. The third-order valence-corrected chi connectivity index (χ3v) is 6.41. The van der Waals surface area contributed by atoms with Gasteiger partial charge >= 0.3 is 11.7 Å². The predicted molar refractivity (Wildman–Crippen MR) is 128 cm³/mol. The molecule has 2 aromatic rings. The first kappa shape index (κ1) is 26.1. The number of benzene rings is 1. The molecule has 2 N–H and O–H groups in total. The van der Waals surface area contributed by atoms with E-state index in [1.807, 2.05) is 25.1 Å². The van der Waals surface area contributed by atoms with Crippen molar-refractivity contribution in [1.29, 1.82) is 0 Å². The molecule has 0 fully saturated rings. The van der Waals surface area contributed by atoms with Crippen LogP contribution < -0.4 is 20.9 Å². The van der Waals surface area contributed by atoms with Crippen LogP contribution in [0.2, 0.25) is 5.02 Å². The van der Waals surface area contributed by atoms with Crippen LogP contribution in [0.1, 0.15) is 32.9 Å². The standard InChI is InChI=1S/C22H27ClN3O7P/c1-3-4-12-30-21(28)15(2)25-34(33-16-8-6-5-7-9-16)14-31-19-11-10-18(32-19)26-13-17(23)20(27)24-22(26)29/h5-11,13,15,18-19,25H,3-4,12,14H2,1-2H3,(H,24,27,29). The van der Waals surface area contributed by atoms with E-state index in [9.17, 15) is 14.4 Å². The Hall–Kier alpha value is -2.49. The van der Waals surface area contributed by atoms with E-state index in [2.05, 4.69) is 10.1 Å². The first-order valence-corrected chi connectivity index (χ1v) is 12.6. The summed E-state index contributed by atoms with van der Waals surface area (Å²) in [7, 11) is -1.45. The highest BCUT2D eigenvalue weighted by molar-refractivity contribution is 7.50. The summed E-state index contributed by atoms with van der Waals surface area (Å²) < 4.78 is 24.0. The first-order chi connectivity index (χ1) is 16.4. The quantitative estimate of drug-likeness (QED) is 0.193. The van der Waals surface area contributed by atoms with Gasteiger partial charge in [0.25, 0.3) is 5.56 Å². The number of nitrogens with one attached hydrogen (secondary N) is 2. The van der Waals surface area contributed by atoms with Crippen molar-refractivity contribution in [2.75, 3.05) is 13.0 Å². The van der Waals surface area contributed by atoms with Gasteiger partial charge in [-0.05, 0) is 37.6 Å². The van der Waals surface area contributed by atoms with Crippen LogP contribution in [-0.4, -0.2) is 40.8 Å². The number of ether oxygens (including phenoxy) is 3. The van der Waals surface area contributed by atoms with Gasteiger partial charge in [0.2, 0.25) is 0 Å². The normalized spacial score (nSPS) is 19.0. The molecule has 1 aliphatic rings. The van der Waals surface area contributed by atoms with Crippen molar-refractivity contribution in [3.05, 3.63) is 74.5 Å². The molecule has 0 spiro atoms. The van der Waals surface area contributed by atoms with E-state index in [0.29, 0.717) is 12.4 Å². The van der Waals surface area contributed by atoms with E-state index in [0.717, 1.165) is 17.4 Å². The number of unbranched alkanes of at least 4 members (excludes halogenated alkanes) is 1. The second-order valence-electron chi connectivity index (χ2n) is 7.37. The molecule has 34 heavy (non-hydrogen) atoms. The monoisotopic (exact) mass is 511 g/mol. The van der Waals surface area contributed by atoms with Crippen LogP contribution in [0.25, 0.3) is 0 Å². The van der Waals surface area contributed by atoms with Crippen molar-refractivity contribution in [1.82, 2.24) is 14.6 Å². The zero-order valence-electron chi connectivity index (χ0n) is 18.8. The summed E-state index contributed by atoms with van der Waals surface area (Å²) in [5.41, 5.74) is -1.33. The number of aromatic nitrogens is 2. The fraction of sp³-hybridized carbons (Fsp3) is 0.409. The second-order valence-corrected chi connectivity index (χ2v) is 9.24. The van der Waals surface area contributed by atoms with E-state index >= 15 is 0 Å². The van der Waals surface area contributed by atoms with Crippen LogP contribution in [0.15, 0.2) is 58.3 Å². The Kier molecular flexibility index (Phi) is 9.86. The minimum absolute atomic E-state index is 0.0831. The number of halogens is 1. The average Bonchev–Trinajstić information content (AvgIpc) is 3.29. The van der Waals surface area contributed by atoms with Gasteiger partial charge in [-0.15, -0.1) is 0 Å². The van der Waals surface area contributed by atoms with Crippen LogP contribution in [0.5, 0.6) is 5.75 Å². The molecule has 0 aliphatic carbocycles. The van der Waals surface area contributed by atoms with Crippen molar-refractivity contribution < 1.29 is 23.5 Å². The zero-order valence-corrected chi connectivity index (χ0v) is 20.5. The van der Waals surface area contributed by atoms with E-state index in [1.165, 1.54) is 6.20 Å². The second kappa shape index (κ2) is 12.8. The Labute approximate surface area is 202 Å². The molecular weight excluding hydrogens is 485 g/mol. The van der Waals surface area contributed by atoms with E-state index in [4.69, 9.17) is 30.3 Å². The van der Waals surface area contributed by atoms with Gasteiger partial charge in [-0.1, -0.05) is 43.1 Å². The largest absolute Gasteiger partial charge is 0.465 e. The molecule has 184 valence electrons. The number of hydrogen-bond donors (Lipinski definition) is 2. The predicted octanol–water partition coefficient (Wildman–Crippen LogP) is 3.29. The molecule has 1 aliphatic heterocycles. The van der Waals surface area contributed by atoms with Crippen molar-refractivity contribution in [3.63, 3.8) is 0 Å². The number of nitrogens with zero attached hydrogens (tertiary/aromatic N) is 1. The lowest BCUT2D eigenvalue weighted by molar-refractivity contribution is -0.145. The van der Waals surface area contributed by atoms with Crippen molar-refractivity contribution in [3.8, 4) is 5.75 Å². The number of carbonyl (C=O) groups is 1. The Morgan fingerprint density at radius 1 is 1.29 bits per heavy atom. The summed E-state index contributed by atoms with van der Waals surface area (Å²) in [5, 5.41) is 3.00. The minimum Gasteiger partial charge on any atom is -0.465 e. The van der Waals surface area contributed by atoms with Crippen molar-refractivity contribution in [2.24, 2.45) is 0 Å². The Morgan fingerprint density at radius 3 is 2.79 bits per heavy atom. The van der Waals surface area contributed by atoms with Crippen molar-refractivity contribution in [2.45, 2.75) is 45.2 Å². The Morgan fingerprint density at radius 2 is 2.06 bits per heavy atom. The molecule has 1 aromatic carbocycles. The summed E-state index contributed by atoms with van der Waals surface area (Å²) in [6, 6.07) is 8.55. The van der Waals surface area contributed by atoms with E-state index in [-0.39, 0.29) is 17.3 Å². The number of rotatable bonds is 12. The number of aromatic amines is 1. The summed E-state index contributed by atoms with van der Waals surface area (Å²) >= 11 is 5.82. The van der Waals surface area contributed by atoms with E-state index < -0.39 is 38.1 Å². The van der Waals surface area contributed by atoms with Crippen LogP contribution in [-0.2, 0) is 19.0 Å². The number of hydrogen-bond acceptors (Lipinski definition) is 8.